The van der Waals surface area contributed by atoms with Gasteiger partial charge in [-0.25, -0.2) is 13.2 Å². The third-order valence-corrected chi connectivity index (χ3v) is 6.28. The Bertz CT molecular complexity index is 1020. The van der Waals surface area contributed by atoms with E-state index in [1.54, 1.807) is 6.92 Å². The van der Waals surface area contributed by atoms with Gasteiger partial charge in [-0.1, -0.05) is 32.9 Å². The predicted molar refractivity (Wildman–Crippen MR) is 122 cm³/mol. The number of amides is 4. The topological polar surface area (TPSA) is 86.8 Å². The molecular formula is C25H30F3N3O4. The number of allylic oxidation sites excluding steroid dienone is 2. The molecule has 1 fully saturated rings. The van der Waals surface area contributed by atoms with Crippen LogP contribution in [-0.2, 0) is 19.2 Å². The van der Waals surface area contributed by atoms with Crippen LogP contribution in [0.3, 0.4) is 0 Å². The molecule has 1 saturated heterocycles. The van der Waals surface area contributed by atoms with Gasteiger partial charge >= 0.3 is 0 Å². The number of halogens is 3. The number of fused-ring (bicyclic) bond motifs is 1. The van der Waals surface area contributed by atoms with Crippen molar-refractivity contribution in [1.82, 2.24) is 9.80 Å². The van der Waals surface area contributed by atoms with Gasteiger partial charge in [-0.15, -0.1) is 0 Å². The largest absolute Gasteiger partial charge is 0.332 e. The molecule has 3 atom stereocenters. The van der Waals surface area contributed by atoms with Crippen molar-refractivity contribution in [2.24, 2.45) is 17.8 Å². The number of imide groups is 1. The summed E-state index contributed by atoms with van der Waals surface area (Å²) < 4.78 is 40.7. The first kappa shape index (κ1) is 26.4. The molecule has 2 aliphatic rings. The standard InChI is InChI=1S/C25H30F3N3O4/c1-4-11-30(13-20(32)29-18-10-9-17(26)21(27)22(18)28)25(35)19(12-14(2)3)31-23(33)15-7-5-6-8-16(15)24(31)34/h5-6,9-10,14-16,19H,4,7-8,11-13H2,1-3H3,(H,29,32). The fourth-order valence-electron chi connectivity index (χ4n) is 4.63. The van der Waals surface area contributed by atoms with Crippen LogP contribution in [0.5, 0.6) is 0 Å². The van der Waals surface area contributed by atoms with E-state index in [1.165, 1.54) is 4.90 Å². The van der Waals surface area contributed by atoms with Crippen LogP contribution in [0, 0.1) is 35.2 Å². The van der Waals surface area contributed by atoms with E-state index in [9.17, 15) is 32.3 Å². The van der Waals surface area contributed by atoms with Gasteiger partial charge in [0, 0.05) is 6.54 Å². The van der Waals surface area contributed by atoms with Crippen LogP contribution in [0.4, 0.5) is 18.9 Å². The summed E-state index contributed by atoms with van der Waals surface area (Å²) in [5.41, 5.74) is -0.557. The normalized spacial score (nSPS) is 20.3. The van der Waals surface area contributed by atoms with Crippen LogP contribution in [0.25, 0.3) is 0 Å². The molecule has 0 bridgehead atoms. The Hall–Kier alpha value is -3.17. The zero-order chi connectivity index (χ0) is 25.9. The van der Waals surface area contributed by atoms with Crippen LogP contribution in [0.15, 0.2) is 24.3 Å². The minimum absolute atomic E-state index is 0.0288. The van der Waals surface area contributed by atoms with Crippen LogP contribution < -0.4 is 5.32 Å². The molecule has 1 aliphatic carbocycles. The van der Waals surface area contributed by atoms with E-state index in [2.05, 4.69) is 5.32 Å². The molecule has 190 valence electrons. The van der Waals surface area contributed by atoms with Crippen molar-refractivity contribution in [3.63, 3.8) is 0 Å². The van der Waals surface area contributed by atoms with E-state index in [0.717, 1.165) is 11.0 Å². The Morgan fingerprint density at radius 1 is 1.06 bits per heavy atom. The number of hydrogen-bond acceptors (Lipinski definition) is 4. The minimum atomic E-state index is -1.72. The quantitative estimate of drug-likeness (QED) is 0.323. The third-order valence-electron chi connectivity index (χ3n) is 6.28. The van der Waals surface area contributed by atoms with E-state index in [0.29, 0.717) is 25.3 Å². The van der Waals surface area contributed by atoms with Crippen LogP contribution in [0.2, 0.25) is 0 Å². The fraction of sp³-hybridized carbons (Fsp3) is 0.520. The van der Waals surface area contributed by atoms with Crippen LogP contribution in [-0.4, -0.2) is 52.6 Å². The summed E-state index contributed by atoms with van der Waals surface area (Å²) in [5, 5.41) is 2.16. The number of nitrogens with one attached hydrogen (secondary N) is 1. The molecule has 3 rings (SSSR count). The highest BCUT2D eigenvalue weighted by atomic mass is 19.2. The number of carbonyl (C=O) groups is 4. The molecule has 1 heterocycles. The van der Waals surface area contributed by atoms with Gasteiger partial charge in [0.05, 0.1) is 24.1 Å². The Kier molecular flexibility index (Phi) is 8.34. The van der Waals surface area contributed by atoms with Gasteiger partial charge in [0.15, 0.2) is 17.5 Å². The van der Waals surface area contributed by atoms with E-state index < -0.39 is 59.4 Å². The Morgan fingerprint density at radius 2 is 1.66 bits per heavy atom. The number of likely N-dealkylation sites (tertiary alicyclic amines) is 1. The Morgan fingerprint density at radius 3 is 2.20 bits per heavy atom. The molecule has 1 N–H and O–H groups in total. The molecule has 7 nitrogen and oxygen atoms in total. The van der Waals surface area contributed by atoms with Crippen LogP contribution in [0.1, 0.15) is 46.5 Å². The van der Waals surface area contributed by atoms with Crippen molar-refractivity contribution >= 4 is 29.3 Å². The first-order valence-corrected chi connectivity index (χ1v) is 11.8. The number of nitrogens with zero attached hydrogens (tertiary/aromatic N) is 2. The van der Waals surface area contributed by atoms with E-state index in [1.807, 2.05) is 26.0 Å². The molecule has 0 spiro atoms. The zero-order valence-electron chi connectivity index (χ0n) is 20.0. The zero-order valence-corrected chi connectivity index (χ0v) is 20.0. The molecule has 0 aromatic heterocycles. The molecule has 4 amide bonds. The number of benzene rings is 1. The second kappa shape index (κ2) is 11.0. The fourth-order valence-corrected chi connectivity index (χ4v) is 4.63. The summed E-state index contributed by atoms with van der Waals surface area (Å²) in [5.74, 6) is -7.82. The lowest BCUT2D eigenvalue weighted by atomic mass is 9.85. The van der Waals surface area contributed by atoms with Gasteiger partial charge in [-0.05, 0) is 43.7 Å². The molecule has 3 unspecified atom stereocenters. The van der Waals surface area contributed by atoms with Crippen molar-refractivity contribution in [1.29, 1.82) is 0 Å². The summed E-state index contributed by atoms with van der Waals surface area (Å²) >= 11 is 0. The highest BCUT2D eigenvalue weighted by Gasteiger charge is 2.51. The lowest BCUT2D eigenvalue weighted by Gasteiger charge is -2.32. The predicted octanol–water partition coefficient (Wildman–Crippen LogP) is 3.65. The number of rotatable bonds is 9. The summed E-state index contributed by atoms with van der Waals surface area (Å²) in [6.45, 7) is 5.15. The third kappa shape index (κ3) is 5.57. The minimum Gasteiger partial charge on any atom is -0.332 e. The van der Waals surface area contributed by atoms with E-state index in [-0.39, 0.29) is 30.7 Å². The summed E-state index contributed by atoms with van der Waals surface area (Å²) in [6.07, 6.45) is 5.30. The Labute approximate surface area is 202 Å². The molecule has 0 saturated carbocycles. The maximum Gasteiger partial charge on any atom is 0.246 e. The van der Waals surface area contributed by atoms with Gasteiger partial charge in [0.2, 0.25) is 23.6 Å². The molecule has 1 aromatic carbocycles. The summed E-state index contributed by atoms with van der Waals surface area (Å²) in [4.78, 5) is 54.8. The van der Waals surface area contributed by atoms with Gasteiger partial charge in [0.25, 0.3) is 0 Å². The number of carbonyl (C=O) groups excluding carboxylic acids is 4. The van der Waals surface area contributed by atoms with E-state index in [4.69, 9.17) is 0 Å². The molecule has 1 aliphatic heterocycles. The lowest BCUT2D eigenvalue weighted by molar-refractivity contribution is -0.152. The number of anilines is 1. The van der Waals surface area contributed by atoms with E-state index >= 15 is 0 Å². The summed E-state index contributed by atoms with van der Waals surface area (Å²) in [7, 11) is 0. The van der Waals surface area contributed by atoms with Crippen molar-refractivity contribution in [3.05, 3.63) is 41.7 Å². The lowest BCUT2D eigenvalue weighted by Crippen LogP contribution is -2.53. The first-order chi connectivity index (χ1) is 16.6. The van der Waals surface area contributed by atoms with Gasteiger partial charge < -0.3 is 10.2 Å². The van der Waals surface area contributed by atoms with Crippen molar-refractivity contribution in [2.45, 2.75) is 52.5 Å². The molecule has 0 radical (unpaired) electrons. The van der Waals surface area contributed by atoms with Crippen molar-refractivity contribution in [3.8, 4) is 0 Å². The average molecular weight is 494 g/mol. The second-order valence-electron chi connectivity index (χ2n) is 9.38. The smallest absolute Gasteiger partial charge is 0.246 e. The Balaban J connectivity index is 1.81. The summed E-state index contributed by atoms with van der Waals surface area (Å²) in [6, 6.07) is 0.497. The monoisotopic (exact) mass is 493 g/mol. The average Bonchev–Trinajstić information content (AvgIpc) is 3.07. The maximum atomic E-state index is 14.0. The van der Waals surface area contributed by atoms with Gasteiger partial charge in [0.1, 0.15) is 6.04 Å². The SMILES string of the molecule is CCCN(CC(=O)Nc1ccc(F)c(F)c1F)C(=O)C(CC(C)C)N1C(=O)C2CC=CCC2C1=O. The van der Waals surface area contributed by atoms with Crippen molar-refractivity contribution in [2.75, 3.05) is 18.4 Å². The second-order valence-corrected chi connectivity index (χ2v) is 9.38. The van der Waals surface area contributed by atoms with Crippen molar-refractivity contribution < 1.29 is 32.3 Å². The number of hydrogen-bond donors (Lipinski definition) is 1. The highest BCUT2D eigenvalue weighted by Crippen LogP contribution is 2.37. The maximum absolute atomic E-state index is 14.0. The highest BCUT2D eigenvalue weighted by molar-refractivity contribution is 6.09. The van der Waals surface area contributed by atoms with Gasteiger partial charge in [-0.2, -0.15) is 0 Å². The molecule has 10 heteroatoms. The molecular weight excluding hydrogens is 463 g/mol. The molecule has 1 aromatic rings. The molecule has 35 heavy (non-hydrogen) atoms. The van der Waals surface area contributed by atoms with Gasteiger partial charge in [-0.3, -0.25) is 24.1 Å². The first-order valence-electron chi connectivity index (χ1n) is 11.8. The van der Waals surface area contributed by atoms with Crippen LogP contribution >= 0.6 is 0 Å².